The van der Waals surface area contributed by atoms with E-state index in [0.717, 1.165) is 0 Å². The van der Waals surface area contributed by atoms with Gasteiger partial charge in [0.15, 0.2) is 6.23 Å². The molecule has 5 atom stereocenters. The number of ether oxygens (including phenoxy) is 1. The Balaban J connectivity index is 2.05. The van der Waals surface area contributed by atoms with E-state index in [4.69, 9.17) is 6.11 Å². The lowest BCUT2D eigenvalue weighted by atomic mass is 9.88. The molecule has 19 heavy (non-hydrogen) atoms. The van der Waals surface area contributed by atoms with Crippen LogP contribution in [0.4, 0.5) is 0 Å². The second kappa shape index (κ2) is 3.99. The van der Waals surface area contributed by atoms with Crippen LogP contribution in [0.15, 0.2) is 15.8 Å². The van der Waals surface area contributed by atoms with E-state index in [0.29, 0.717) is 5.56 Å². The number of aryl methyl sites for hydroxylation is 1. The zero-order valence-corrected chi connectivity index (χ0v) is 12.0. The number of nitrogens with zero attached hydrogens (tertiary/aromatic N) is 1. The maximum Gasteiger partial charge on any atom is 0.330 e. The monoisotopic (exact) mass is 283 g/mol. The third-order valence-corrected chi connectivity index (χ3v) is 6.12. The molecule has 2 bridgehead atoms. The molecule has 1 N–H and O–H groups in total. The molecule has 104 valence electrons. The molecule has 2 aliphatic heterocycles. The van der Waals surface area contributed by atoms with Gasteiger partial charge in [-0.1, -0.05) is 13.8 Å². The average Bonchev–Trinajstić information content (AvgIpc) is 2.81. The molecule has 3 rings (SSSR count). The highest BCUT2D eigenvalue weighted by Gasteiger charge is 2.60. The minimum atomic E-state index is -0.497. The van der Waals surface area contributed by atoms with Crippen molar-refractivity contribution in [2.75, 3.05) is 0 Å². The quantitative estimate of drug-likeness (QED) is 0.843. The highest BCUT2D eigenvalue weighted by molar-refractivity contribution is 8.01. The van der Waals surface area contributed by atoms with Crippen molar-refractivity contribution in [3.63, 3.8) is 0 Å². The van der Waals surface area contributed by atoms with Crippen LogP contribution >= 0.6 is 11.8 Å². The smallest absolute Gasteiger partial charge is 0.330 e. The van der Waals surface area contributed by atoms with Crippen molar-refractivity contribution < 1.29 is 6.11 Å². The van der Waals surface area contributed by atoms with Gasteiger partial charge in [-0.05, 0) is 13.8 Å². The lowest BCUT2D eigenvalue weighted by Gasteiger charge is -2.33. The summed E-state index contributed by atoms with van der Waals surface area (Å²) in [5.41, 5.74) is -0.817. The third kappa shape index (κ3) is 1.66. The number of fused-ring (bicyclic) bond motifs is 2. The molecule has 3 heterocycles. The lowest BCUT2D eigenvalue weighted by Crippen LogP contribution is -2.41. The first kappa shape index (κ1) is 11.8. The summed E-state index contributed by atoms with van der Waals surface area (Å²) in [6, 6.07) is 0. The second-order valence-electron chi connectivity index (χ2n) is 5.47. The van der Waals surface area contributed by atoms with Crippen LogP contribution in [0.5, 0.6) is 0 Å². The van der Waals surface area contributed by atoms with Crippen LogP contribution in [0.25, 0.3) is 0 Å². The number of hydrogen-bond acceptors (Lipinski definition) is 4. The molecule has 2 saturated heterocycles. The van der Waals surface area contributed by atoms with E-state index in [1.807, 2.05) is 0 Å². The van der Waals surface area contributed by atoms with Gasteiger partial charge in [0.05, 0.1) is 10.9 Å². The summed E-state index contributed by atoms with van der Waals surface area (Å²) >= 11 is 1.77. The van der Waals surface area contributed by atoms with Gasteiger partial charge in [0, 0.05) is 24.3 Å². The highest BCUT2D eigenvalue weighted by atomic mass is 32.2. The van der Waals surface area contributed by atoms with Gasteiger partial charge in [0.25, 0.3) is 5.56 Å². The van der Waals surface area contributed by atoms with Crippen molar-refractivity contribution in [2.45, 2.75) is 50.0 Å². The van der Waals surface area contributed by atoms with Gasteiger partial charge >= 0.3 is 5.69 Å². The molecule has 0 unspecified atom stereocenters. The average molecular weight is 283 g/mol. The predicted octanol–water partition coefficient (Wildman–Crippen LogP) is 1.27. The minimum Gasteiger partial charge on any atom is -0.349 e. The Bertz CT molecular complexity index is 658. The number of hydrogen-bond donors (Lipinski definition) is 1. The predicted molar refractivity (Wildman–Crippen MR) is 74.6 cm³/mol. The Hall–Kier alpha value is -1.01. The third-order valence-electron chi connectivity index (χ3n) is 4.35. The van der Waals surface area contributed by atoms with Gasteiger partial charge in [-0.15, -0.1) is 11.8 Å². The summed E-state index contributed by atoms with van der Waals surface area (Å²) in [6.45, 7) is 6.01. The van der Waals surface area contributed by atoms with E-state index in [9.17, 15) is 9.59 Å². The Kier molecular flexibility index (Phi) is 2.48. The van der Waals surface area contributed by atoms with E-state index in [1.165, 1.54) is 4.57 Å². The van der Waals surface area contributed by atoms with Crippen molar-refractivity contribution in [1.29, 1.82) is 0 Å². The topological polar surface area (TPSA) is 64.1 Å². The van der Waals surface area contributed by atoms with Crippen molar-refractivity contribution >= 4 is 11.8 Å². The van der Waals surface area contributed by atoms with E-state index < -0.39 is 17.5 Å². The summed E-state index contributed by atoms with van der Waals surface area (Å²) < 4.78 is 15.4. The van der Waals surface area contributed by atoms with Gasteiger partial charge in [-0.2, -0.15) is 0 Å². The fourth-order valence-corrected chi connectivity index (χ4v) is 4.68. The van der Waals surface area contributed by atoms with Gasteiger partial charge in [0.2, 0.25) is 0 Å². The molecule has 5 nitrogen and oxygen atoms in total. The van der Waals surface area contributed by atoms with Crippen molar-refractivity contribution in [3.05, 3.63) is 32.6 Å². The molecule has 0 amide bonds. The minimum absolute atomic E-state index is 0.137. The van der Waals surface area contributed by atoms with E-state index in [-0.39, 0.29) is 28.9 Å². The fourth-order valence-electron chi connectivity index (χ4n) is 2.92. The first-order chi connectivity index (χ1) is 9.40. The first-order valence-electron chi connectivity index (χ1n) is 7.06. The lowest BCUT2D eigenvalue weighted by molar-refractivity contribution is -0.0747. The van der Waals surface area contributed by atoms with Crippen LogP contribution in [0.3, 0.4) is 0 Å². The maximum absolute atomic E-state index is 12.0. The molecular formula is C13H18N2O3S. The van der Waals surface area contributed by atoms with Gasteiger partial charge in [-0.25, -0.2) is 4.79 Å². The molecular weight excluding hydrogens is 264 g/mol. The van der Waals surface area contributed by atoms with Crippen LogP contribution in [-0.2, 0) is 4.74 Å². The Morgan fingerprint density at radius 3 is 2.89 bits per heavy atom. The normalized spacial score (nSPS) is 41.5. The fraction of sp³-hybridized carbons (Fsp3) is 0.692. The van der Waals surface area contributed by atoms with Crippen LogP contribution in [0.2, 0.25) is 0 Å². The highest BCUT2D eigenvalue weighted by Crippen LogP contribution is 2.58. The molecule has 0 saturated carbocycles. The molecule has 0 aromatic carbocycles. The standard InChI is InChI=1S/C13H18N2O3S/c1-6-5-15(12(17)14-10(6)16)11-9-7(2)13(4,18-11)8(3)19-9/h5,7-9,11H,1-4H3,(H,14,16,17)/t7-,8-,9+,11+,13+/m0/s1/i4D. The largest absolute Gasteiger partial charge is 0.349 e. The van der Waals surface area contributed by atoms with Gasteiger partial charge in [0.1, 0.15) is 0 Å². The first-order valence-corrected chi connectivity index (χ1v) is 7.29. The Morgan fingerprint density at radius 1 is 1.53 bits per heavy atom. The van der Waals surface area contributed by atoms with Crippen LogP contribution < -0.4 is 11.2 Å². The molecule has 1 aromatic rings. The van der Waals surface area contributed by atoms with E-state index in [1.54, 1.807) is 24.9 Å². The molecule has 2 aliphatic rings. The summed E-state index contributed by atoms with van der Waals surface area (Å²) in [5, 5.41) is 0.383. The van der Waals surface area contributed by atoms with Crippen molar-refractivity contribution in [2.24, 2.45) is 5.92 Å². The number of aromatic amines is 1. The number of aromatic nitrogens is 2. The summed E-state index contributed by atoms with van der Waals surface area (Å²) in [4.78, 5) is 25.8. The SMILES string of the molecule is [2H]C[C@]12O[C@@H](n3cc(C)c(=O)[nH]c3=O)[C@H](S[C@H]1C)[C@@H]2C. The second-order valence-corrected chi connectivity index (χ2v) is 7.00. The molecule has 0 radical (unpaired) electrons. The molecule has 2 fully saturated rings. The Morgan fingerprint density at radius 2 is 2.26 bits per heavy atom. The van der Waals surface area contributed by atoms with E-state index >= 15 is 0 Å². The van der Waals surface area contributed by atoms with Crippen LogP contribution in [0.1, 0.15) is 33.9 Å². The number of nitrogens with one attached hydrogen (secondary N) is 1. The summed E-state index contributed by atoms with van der Waals surface area (Å²) in [5.74, 6) is 0.212. The molecule has 1 aromatic heterocycles. The summed E-state index contributed by atoms with van der Waals surface area (Å²) in [6.07, 6.45) is 1.15. The van der Waals surface area contributed by atoms with Gasteiger partial charge in [-0.3, -0.25) is 14.3 Å². The zero-order chi connectivity index (χ0) is 14.7. The van der Waals surface area contributed by atoms with Crippen molar-refractivity contribution in [3.8, 4) is 0 Å². The van der Waals surface area contributed by atoms with Crippen molar-refractivity contribution in [1.82, 2.24) is 9.55 Å². The zero-order valence-electron chi connectivity index (χ0n) is 12.2. The van der Waals surface area contributed by atoms with Gasteiger partial charge < -0.3 is 4.74 Å². The number of thioether (sulfide) groups is 1. The van der Waals surface area contributed by atoms with Crippen LogP contribution in [-0.4, -0.2) is 25.7 Å². The number of H-pyrrole nitrogens is 1. The number of rotatable bonds is 1. The summed E-state index contributed by atoms with van der Waals surface area (Å²) in [7, 11) is 0. The molecule has 0 spiro atoms. The van der Waals surface area contributed by atoms with E-state index in [2.05, 4.69) is 18.8 Å². The maximum atomic E-state index is 12.0. The van der Waals surface area contributed by atoms with Crippen LogP contribution in [0, 0.1) is 12.8 Å². The molecule has 0 aliphatic carbocycles. The molecule has 6 heteroatoms. The Labute approximate surface area is 116 Å².